The predicted octanol–water partition coefficient (Wildman–Crippen LogP) is 3.55. The highest BCUT2D eigenvalue weighted by Crippen LogP contribution is 2.29. The zero-order valence-corrected chi connectivity index (χ0v) is 10.4. The number of anilines is 1. The minimum atomic E-state index is -0.534. The molecule has 2 rings (SSSR count). The molecule has 0 atom stereocenters. The first-order valence-electron chi connectivity index (χ1n) is 4.84. The van der Waals surface area contributed by atoms with E-state index in [2.05, 4.69) is 4.98 Å². The molecule has 0 fully saturated rings. The predicted molar refractivity (Wildman–Crippen MR) is 70.8 cm³/mol. The number of rotatable bonds is 2. The lowest BCUT2D eigenvalue weighted by Crippen LogP contribution is -1.96. The molecule has 0 bridgehead atoms. The second-order valence-electron chi connectivity index (χ2n) is 3.55. The highest BCUT2D eigenvalue weighted by Gasteiger charge is 2.12. The number of benzene rings is 1. The van der Waals surface area contributed by atoms with Crippen LogP contribution < -0.4 is 5.73 Å². The summed E-state index contributed by atoms with van der Waals surface area (Å²) in [5.74, 6) is 0.0651. The Labute approximate surface area is 112 Å². The molecule has 92 valence electrons. The van der Waals surface area contributed by atoms with Crippen LogP contribution in [0, 0.1) is 10.1 Å². The molecule has 0 aliphatic rings. The van der Waals surface area contributed by atoms with Crippen molar-refractivity contribution in [2.24, 2.45) is 0 Å². The van der Waals surface area contributed by atoms with Gasteiger partial charge in [-0.2, -0.15) is 0 Å². The average molecular weight is 284 g/mol. The fourth-order valence-corrected chi connectivity index (χ4v) is 2.02. The minimum absolute atomic E-state index is 0.0651. The highest BCUT2D eigenvalue weighted by molar-refractivity contribution is 6.35. The number of hydrogen-bond acceptors (Lipinski definition) is 4. The van der Waals surface area contributed by atoms with Crippen LogP contribution in [0.15, 0.2) is 30.3 Å². The first-order valence-corrected chi connectivity index (χ1v) is 5.60. The SMILES string of the molecule is Nc1cc([N+](=O)[O-])cc(-c2cc(Cl)cc(Cl)c2)n1. The normalized spacial score (nSPS) is 10.3. The molecule has 0 radical (unpaired) electrons. The Morgan fingerprint density at radius 1 is 1.11 bits per heavy atom. The van der Waals surface area contributed by atoms with Gasteiger partial charge in [0.15, 0.2) is 0 Å². The highest BCUT2D eigenvalue weighted by atomic mass is 35.5. The number of hydrogen-bond donors (Lipinski definition) is 1. The molecule has 7 heteroatoms. The molecule has 1 aromatic heterocycles. The zero-order chi connectivity index (χ0) is 13.3. The lowest BCUT2D eigenvalue weighted by molar-refractivity contribution is -0.384. The van der Waals surface area contributed by atoms with Gasteiger partial charge in [-0.15, -0.1) is 0 Å². The van der Waals surface area contributed by atoms with Crippen LogP contribution in [0.5, 0.6) is 0 Å². The quantitative estimate of drug-likeness (QED) is 0.675. The number of nitro groups is 1. The summed E-state index contributed by atoms with van der Waals surface area (Å²) in [7, 11) is 0. The van der Waals surface area contributed by atoms with Gasteiger partial charge in [-0.1, -0.05) is 23.2 Å². The Morgan fingerprint density at radius 2 is 1.72 bits per heavy atom. The van der Waals surface area contributed by atoms with Gasteiger partial charge in [0, 0.05) is 21.7 Å². The summed E-state index contributed by atoms with van der Waals surface area (Å²) in [6, 6.07) is 7.29. The Morgan fingerprint density at radius 3 is 2.28 bits per heavy atom. The Bertz CT molecular complexity index is 611. The third kappa shape index (κ3) is 2.69. The van der Waals surface area contributed by atoms with Gasteiger partial charge >= 0.3 is 0 Å². The van der Waals surface area contributed by atoms with Crippen molar-refractivity contribution in [3.05, 3.63) is 50.5 Å². The standard InChI is InChI=1S/C11H7Cl2N3O2/c12-7-1-6(2-8(13)3-7)10-4-9(16(17)18)5-11(14)15-10/h1-5H,(H2,14,15). The van der Waals surface area contributed by atoms with E-state index in [1.54, 1.807) is 18.2 Å². The van der Waals surface area contributed by atoms with Crippen LogP contribution in [0.4, 0.5) is 11.5 Å². The first kappa shape index (κ1) is 12.6. The van der Waals surface area contributed by atoms with E-state index in [1.807, 2.05) is 0 Å². The van der Waals surface area contributed by atoms with Crippen LogP contribution in [-0.2, 0) is 0 Å². The fraction of sp³-hybridized carbons (Fsp3) is 0. The van der Waals surface area contributed by atoms with Crippen molar-refractivity contribution in [1.29, 1.82) is 0 Å². The number of nitrogens with two attached hydrogens (primary N) is 1. The first-order chi connectivity index (χ1) is 8.45. The molecule has 5 nitrogen and oxygen atoms in total. The molecule has 0 unspecified atom stereocenters. The van der Waals surface area contributed by atoms with Crippen LogP contribution in [0.25, 0.3) is 11.3 Å². The van der Waals surface area contributed by atoms with Gasteiger partial charge in [-0.25, -0.2) is 4.98 Å². The molecular weight excluding hydrogens is 277 g/mol. The van der Waals surface area contributed by atoms with Crippen LogP contribution in [-0.4, -0.2) is 9.91 Å². The Kier molecular flexibility index (Phi) is 3.36. The van der Waals surface area contributed by atoms with E-state index < -0.39 is 4.92 Å². The maximum atomic E-state index is 10.7. The second kappa shape index (κ2) is 4.80. The lowest BCUT2D eigenvalue weighted by atomic mass is 10.1. The van der Waals surface area contributed by atoms with E-state index in [0.717, 1.165) is 0 Å². The second-order valence-corrected chi connectivity index (χ2v) is 4.42. The monoisotopic (exact) mass is 283 g/mol. The van der Waals surface area contributed by atoms with Crippen LogP contribution in [0.1, 0.15) is 0 Å². The van der Waals surface area contributed by atoms with Crippen molar-refractivity contribution in [1.82, 2.24) is 4.98 Å². The van der Waals surface area contributed by atoms with Crippen molar-refractivity contribution in [3.63, 3.8) is 0 Å². The fourth-order valence-electron chi connectivity index (χ4n) is 1.49. The molecule has 1 aromatic carbocycles. The molecule has 0 amide bonds. The summed E-state index contributed by atoms with van der Waals surface area (Å²) in [6.07, 6.45) is 0. The average Bonchev–Trinajstić information content (AvgIpc) is 2.26. The molecule has 0 aliphatic carbocycles. The molecule has 0 aliphatic heterocycles. The maximum Gasteiger partial charge on any atom is 0.275 e. The summed E-state index contributed by atoms with van der Waals surface area (Å²) in [4.78, 5) is 14.2. The van der Waals surface area contributed by atoms with E-state index in [-0.39, 0.29) is 11.5 Å². The smallest absolute Gasteiger partial charge is 0.275 e. The van der Waals surface area contributed by atoms with Crippen molar-refractivity contribution in [2.75, 3.05) is 5.73 Å². The van der Waals surface area contributed by atoms with Crippen molar-refractivity contribution in [2.45, 2.75) is 0 Å². The van der Waals surface area contributed by atoms with Crippen LogP contribution >= 0.6 is 23.2 Å². The number of aromatic nitrogens is 1. The number of pyridine rings is 1. The summed E-state index contributed by atoms with van der Waals surface area (Å²) in [6.45, 7) is 0. The molecular formula is C11H7Cl2N3O2. The van der Waals surface area contributed by atoms with Gasteiger partial charge in [0.05, 0.1) is 16.7 Å². The van der Waals surface area contributed by atoms with Crippen LogP contribution in [0.3, 0.4) is 0 Å². The van der Waals surface area contributed by atoms with E-state index >= 15 is 0 Å². The minimum Gasteiger partial charge on any atom is -0.383 e. The topological polar surface area (TPSA) is 82.0 Å². The van der Waals surface area contributed by atoms with Crippen molar-refractivity contribution < 1.29 is 4.92 Å². The zero-order valence-electron chi connectivity index (χ0n) is 8.93. The largest absolute Gasteiger partial charge is 0.383 e. The van der Waals surface area contributed by atoms with Crippen molar-refractivity contribution >= 4 is 34.7 Å². The summed E-state index contributed by atoms with van der Waals surface area (Å²) in [5.41, 5.74) is 6.32. The van der Waals surface area contributed by atoms with E-state index in [0.29, 0.717) is 21.3 Å². The van der Waals surface area contributed by atoms with Gasteiger partial charge in [-0.3, -0.25) is 10.1 Å². The molecule has 2 N–H and O–H groups in total. The molecule has 0 saturated carbocycles. The summed E-state index contributed by atoms with van der Waals surface area (Å²) < 4.78 is 0. The van der Waals surface area contributed by atoms with Crippen molar-refractivity contribution in [3.8, 4) is 11.3 Å². The van der Waals surface area contributed by atoms with E-state index in [4.69, 9.17) is 28.9 Å². The third-order valence-electron chi connectivity index (χ3n) is 2.20. The van der Waals surface area contributed by atoms with E-state index in [1.165, 1.54) is 12.1 Å². The third-order valence-corrected chi connectivity index (χ3v) is 2.64. The summed E-state index contributed by atoms with van der Waals surface area (Å²) in [5, 5.41) is 11.6. The number of nitrogens with zero attached hydrogens (tertiary/aromatic N) is 2. The molecule has 0 spiro atoms. The van der Waals surface area contributed by atoms with Gasteiger partial charge < -0.3 is 5.73 Å². The molecule has 18 heavy (non-hydrogen) atoms. The van der Waals surface area contributed by atoms with Gasteiger partial charge in [0.2, 0.25) is 0 Å². The number of halogens is 2. The van der Waals surface area contributed by atoms with Gasteiger partial charge in [-0.05, 0) is 18.2 Å². The molecule has 1 heterocycles. The van der Waals surface area contributed by atoms with E-state index in [9.17, 15) is 10.1 Å². The Balaban J connectivity index is 2.59. The summed E-state index contributed by atoms with van der Waals surface area (Å²) >= 11 is 11.7. The maximum absolute atomic E-state index is 10.7. The van der Waals surface area contributed by atoms with Crippen LogP contribution in [0.2, 0.25) is 10.0 Å². The number of nitrogen functional groups attached to an aromatic ring is 1. The molecule has 0 saturated heterocycles. The van der Waals surface area contributed by atoms with Gasteiger partial charge in [0.25, 0.3) is 5.69 Å². The van der Waals surface area contributed by atoms with Gasteiger partial charge in [0.1, 0.15) is 5.82 Å². The Hall–Kier alpha value is -1.85. The lowest BCUT2D eigenvalue weighted by Gasteiger charge is -2.04. The molecule has 2 aromatic rings.